The highest BCUT2D eigenvalue weighted by Gasteiger charge is 2.23. The van der Waals surface area contributed by atoms with Crippen molar-refractivity contribution in [2.24, 2.45) is 0 Å². The fourth-order valence-electron chi connectivity index (χ4n) is 3.35. The lowest BCUT2D eigenvalue weighted by Gasteiger charge is -2.33. The second-order valence-electron chi connectivity index (χ2n) is 6.57. The van der Waals surface area contributed by atoms with Gasteiger partial charge in [0.1, 0.15) is 0 Å². The van der Waals surface area contributed by atoms with E-state index in [1.54, 1.807) is 11.3 Å². The molecule has 1 fully saturated rings. The molecule has 1 saturated heterocycles. The molecule has 0 aliphatic carbocycles. The molecule has 6 heteroatoms. The highest BCUT2D eigenvalue weighted by molar-refractivity contribution is 7.22. The van der Waals surface area contributed by atoms with E-state index in [1.807, 2.05) is 12.3 Å². The van der Waals surface area contributed by atoms with Gasteiger partial charge in [0.05, 0.1) is 10.2 Å². The van der Waals surface area contributed by atoms with Gasteiger partial charge in [-0.1, -0.05) is 30.4 Å². The van der Waals surface area contributed by atoms with Crippen molar-refractivity contribution in [1.29, 1.82) is 0 Å². The van der Waals surface area contributed by atoms with Gasteiger partial charge in [0.2, 0.25) is 5.95 Å². The van der Waals surface area contributed by atoms with Gasteiger partial charge in [-0.25, -0.2) is 15.0 Å². The van der Waals surface area contributed by atoms with E-state index < -0.39 is 0 Å². The Labute approximate surface area is 152 Å². The zero-order chi connectivity index (χ0) is 17.2. The molecule has 1 aliphatic rings. The van der Waals surface area contributed by atoms with Gasteiger partial charge in [0.15, 0.2) is 5.13 Å². The third-order valence-corrected chi connectivity index (χ3v) is 5.82. The molecule has 1 aromatic carbocycles. The topological polar surface area (TPSA) is 53.9 Å². The molecule has 4 rings (SSSR count). The number of aryl methyl sites for hydroxylation is 2. The van der Waals surface area contributed by atoms with E-state index in [1.165, 1.54) is 4.70 Å². The summed E-state index contributed by atoms with van der Waals surface area (Å²) in [4.78, 5) is 16.3. The van der Waals surface area contributed by atoms with Crippen LogP contribution < -0.4 is 10.2 Å². The summed E-state index contributed by atoms with van der Waals surface area (Å²) in [7, 11) is 0. The molecule has 25 heavy (non-hydrogen) atoms. The van der Waals surface area contributed by atoms with Crippen LogP contribution in [-0.2, 0) is 6.42 Å². The van der Waals surface area contributed by atoms with Gasteiger partial charge in [-0.2, -0.15) is 0 Å². The van der Waals surface area contributed by atoms with Crippen LogP contribution in [0.25, 0.3) is 10.2 Å². The van der Waals surface area contributed by atoms with Crippen molar-refractivity contribution < 1.29 is 0 Å². The number of thiazole rings is 1. The molecular weight excluding hydrogens is 330 g/mol. The number of rotatable bonds is 4. The van der Waals surface area contributed by atoms with Gasteiger partial charge in [-0.15, -0.1) is 0 Å². The molecule has 3 heterocycles. The summed E-state index contributed by atoms with van der Waals surface area (Å²) in [5.41, 5.74) is 3.37. The molecule has 0 saturated carbocycles. The van der Waals surface area contributed by atoms with Crippen LogP contribution in [0.5, 0.6) is 0 Å². The van der Waals surface area contributed by atoms with Gasteiger partial charge < -0.3 is 10.2 Å². The third-order valence-electron chi connectivity index (χ3n) is 4.72. The molecule has 0 bridgehead atoms. The van der Waals surface area contributed by atoms with Crippen LogP contribution in [0.15, 0.2) is 30.5 Å². The fourth-order valence-corrected chi connectivity index (χ4v) is 4.35. The molecule has 3 aromatic rings. The standard InChI is InChI=1S/C19H23N5S/c1-3-15-13(2)11-20-18(22-15)21-14-7-6-10-24(12-14)19-23-16-8-4-5-9-17(16)25-19/h4-5,8-9,11,14H,3,6-7,10,12H2,1-2H3,(H,20,21,22)/t14-/m1/s1. The van der Waals surface area contributed by atoms with Crippen LogP contribution >= 0.6 is 11.3 Å². The first-order valence-corrected chi connectivity index (χ1v) is 9.74. The summed E-state index contributed by atoms with van der Waals surface area (Å²) >= 11 is 1.78. The molecule has 0 spiro atoms. The van der Waals surface area contributed by atoms with Crippen LogP contribution in [-0.4, -0.2) is 34.1 Å². The first-order chi connectivity index (χ1) is 12.2. The van der Waals surface area contributed by atoms with Crippen molar-refractivity contribution in [3.05, 3.63) is 41.7 Å². The van der Waals surface area contributed by atoms with Crippen LogP contribution in [0, 0.1) is 6.92 Å². The van der Waals surface area contributed by atoms with Gasteiger partial charge in [0, 0.05) is 31.0 Å². The zero-order valence-corrected chi connectivity index (χ0v) is 15.5. The van der Waals surface area contributed by atoms with E-state index >= 15 is 0 Å². The first kappa shape index (κ1) is 16.3. The normalized spacial score (nSPS) is 17.8. The molecule has 5 nitrogen and oxygen atoms in total. The van der Waals surface area contributed by atoms with Crippen molar-refractivity contribution in [2.75, 3.05) is 23.3 Å². The number of hydrogen-bond acceptors (Lipinski definition) is 6. The van der Waals surface area contributed by atoms with Gasteiger partial charge in [0.25, 0.3) is 0 Å². The average molecular weight is 353 g/mol. The fraction of sp³-hybridized carbons (Fsp3) is 0.421. The van der Waals surface area contributed by atoms with E-state index in [0.29, 0.717) is 6.04 Å². The molecule has 0 radical (unpaired) electrons. The van der Waals surface area contributed by atoms with E-state index in [4.69, 9.17) is 4.98 Å². The highest BCUT2D eigenvalue weighted by atomic mass is 32.1. The second kappa shape index (κ2) is 6.96. The minimum atomic E-state index is 0.355. The quantitative estimate of drug-likeness (QED) is 0.767. The second-order valence-corrected chi connectivity index (χ2v) is 7.58. The minimum Gasteiger partial charge on any atom is -0.350 e. The van der Waals surface area contributed by atoms with Crippen molar-refractivity contribution in [3.8, 4) is 0 Å². The van der Waals surface area contributed by atoms with Gasteiger partial charge >= 0.3 is 0 Å². The summed E-state index contributed by atoms with van der Waals surface area (Å²) in [5, 5.41) is 4.65. The van der Waals surface area contributed by atoms with Gasteiger partial charge in [-0.3, -0.25) is 0 Å². The summed E-state index contributed by atoms with van der Waals surface area (Å²) in [6, 6.07) is 8.70. The zero-order valence-electron chi connectivity index (χ0n) is 14.7. The van der Waals surface area contributed by atoms with Crippen molar-refractivity contribution >= 4 is 32.6 Å². The number of para-hydroxylation sites is 1. The average Bonchev–Trinajstić information content (AvgIpc) is 3.08. The number of aromatic nitrogens is 3. The minimum absolute atomic E-state index is 0.355. The van der Waals surface area contributed by atoms with E-state index in [2.05, 4.69) is 52.2 Å². The maximum atomic E-state index is 4.80. The Bertz CT molecular complexity index is 842. The van der Waals surface area contributed by atoms with E-state index in [0.717, 1.165) is 60.2 Å². The molecule has 0 amide bonds. The Kier molecular flexibility index (Phi) is 4.53. The Hall–Kier alpha value is -2.21. The number of benzene rings is 1. The van der Waals surface area contributed by atoms with Crippen LogP contribution in [0.4, 0.5) is 11.1 Å². The number of hydrogen-bond donors (Lipinski definition) is 1. The lowest BCUT2D eigenvalue weighted by atomic mass is 10.1. The largest absolute Gasteiger partial charge is 0.350 e. The molecule has 1 aliphatic heterocycles. The maximum absolute atomic E-state index is 4.80. The molecule has 0 unspecified atom stereocenters. The molecule has 1 N–H and O–H groups in total. The van der Waals surface area contributed by atoms with Crippen molar-refractivity contribution in [2.45, 2.75) is 39.2 Å². The number of fused-ring (bicyclic) bond motifs is 1. The summed E-state index contributed by atoms with van der Waals surface area (Å²) < 4.78 is 1.25. The Morgan fingerprint density at radius 1 is 1.28 bits per heavy atom. The lowest BCUT2D eigenvalue weighted by molar-refractivity contribution is 0.527. The summed E-state index contributed by atoms with van der Waals surface area (Å²) in [5.74, 6) is 0.749. The summed E-state index contributed by atoms with van der Waals surface area (Å²) in [6.07, 6.45) is 5.15. The lowest BCUT2D eigenvalue weighted by Crippen LogP contribution is -2.42. The maximum Gasteiger partial charge on any atom is 0.223 e. The number of piperidine rings is 1. The van der Waals surface area contributed by atoms with Crippen LogP contribution in [0.3, 0.4) is 0 Å². The summed E-state index contributed by atoms with van der Waals surface area (Å²) in [6.45, 7) is 6.21. The SMILES string of the molecule is CCc1nc(N[C@@H]2CCCN(c3nc4ccccc4s3)C2)ncc1C. The van der Waals surface area contributed by atoms with Crippen LogP contribution in [0.1, 0.15) is 31.0 Å². The molecule has 1 atom stereocenters. The van der Waals surface area contributed by atoms with E-state index in [-0.39, 0.29) is 0 Å². The Morgan fingerprint density at radius 2 is 2.16 bits per heavy atom. The predicted octanol–water partition coefficient (Wildman–Crippen LogP) is 4.04. The first-order valence-electron chi connectivity index (χ1n) is 8.92. The number of nitrogens with one attached hydrogen (secondary N) is 1. The van der Waals surface area contributed by atoms with Crippen molar-refractivity contribution in [3.63, 3.8) is 0 Å². The smallest absolute Gasteiger partial charge is 0.223 e. The third kappa shape index (κ3) is 3.44. The van der Waals surface area contributed by atoms with Crippen molar-refractivity contribution in [1.82, 2.24) is 15.0 Å². The van der Waals surface area contributed by atoms with Gasteiger partial charge in [-0.05, 0) is 43.9 Å². The predicted molar refractivity (Wildman–Crippen MR) is 105 cm³/mol. The molecule has 130 valence electrons. The number of anilines is 2. The van der Waals surface area contributed by atoms with Crippen LogP contribution in [0.2, 0.25) is 0 Å². The molecule has 2 aromatic heterocycles. The van der Waals surface area contributed by atoms with E-state index in [9.17, 15) is 0 Å². The monoisotopic (exact) mass is 353 g/mol. The number of nitrogens with zero attached hydrogens (tertiary/aromatic N) is 4. The Balaban J connectivity index is 1.49. The Morgan fingerprint density at radius 3 is 3.00 bits per heavy atom. The molecular formula is C19H23N5S. The highest BCUT2D eigenvalue weighted by Crippen LogP contribution is 2.30.